The summed E-state index contributed by atoms with van der Waals surface area (Å²) in [4.78, 5) is 11.7. The number of rotatable bonds is 1. The average Bonchev–Trinajstić information content (AvgIpc) is 2.06. The third-order valence-electron chi connectivity index (χ3n) is 1.95. The first-order chi connectivity index (χ1) is 6.79. The molecule has 0 aliphatic rings. The quantitative estimate of drug-likeness (QED) is 0.742. The molecule has 0 heterocycles. The van der Waals surface area contributed by atoms with Crippen LogP contribution in [0.1, 0.15) is 36.7 Å². The summed E-state index contributed by atoms with van der Waals surface area (Å²) in [6.45, 7) is 7.55. The van der Waals surface area contributed by atoms with Crippen LogP contribution in [-0.4, -0.2) is 16.6 Å². The topological polar surface area (TPSA) is 49.3 Å². The number of carbonyl (C=O) groups excluding carboxylic acids is 1. The Morgan fingerprint density at radius 1 is 1.33 bits per heavy atom. The van der Waals surface area contributed by atoms with Gasteiger partial charge in [-0.2, -0.15) is 0 Å². The highest BCUT2D eigenvalue weighted by molar-refractivity contribution is 5.95. The van der Waals surface area contributed by atoms with Gasteiger partial charge in [-0.05, 0) is 51.5 Å². The maximum absolute atomic E-state index is 11.7. The maximum Gasteiger partial charge on any atom is 0.251 e. The van der Waals surface area contributed by atoms with Crippen LogP contribution >= 0.6 is 0 Å². The zero-order valence-corrected chi connectivity index (χ0v) is 9.59. The molecule has 3 nitrogen and oxygen atoms in total. The number of phenols is 1. The molecule has 82 valence electrons. The van der Waals surface area contributed by atoms with Gasteiger partial charge in [0, 0.05) is 11.1 Å². The van der Waals surface area contributed by atoms with Crippen LogP contribution in [0, 0.1) is 6.92 Å². The Balaban J connectivity index is 2.88. The van der Waals surface area contributed by atoms with Crippen molar-refractivity contribution in [3.05, 3.63) is 29.3 Å². The predicted octanol–water partition coefficient (Wildman–Crippen LogP) is 2.23. The minimum atomic E-state index is -0.247. The molecule has 0 saturated heterocycles. The summed E-state index contributed by atoms with van der Waals surface area (Å²) in [5.41, 5.74) is 1.03. The van der Waals surface area contributed by atoms with Crippen molar-refractivity contribution < 1.29 is 9.90 Å². The summed E-state index contributed by atoms with van der Waals surface area (Å²) in [6.07, 6.45) is 0. The van der Waals surface area contributed by atoms with Crippen molar-refractivity contribution >= 4 is 5.91 Å². The molecule has 0 atom stereocenters. The Bertz CT molecular complexity index is 378. The largest absolute Gasteiger partial charge is 0.508 e. The van der Waals surface area contributed by atoms with Crippen LogP contribution in [0.25, 0.3) is 0 Å². The zero-order chi connectivity index (χ0) is 11.6. The Morgan fingerprint density at radius 2 is 1.93 bits per heavy atom. The third-order valence-corrected chi connectivity index (χ3v) is 1.95. The second-order valence-corrected chi connectivity index (χ2v) is 4.71. The molecule has 1 rings (SSSR count). The van der Waals surface area contributed by atoms with Gasteiger partial charge in [0.15, 0.2) is 0 Å². The van der Waals surface area contributed by atoms with Gasteiger partial charge in [-0.1, -0.05) is 0 Å². The summed E-state index contributed by atoms with van der Waals surface area (Å²) >= 11 is 0. The molecule has 0 saturated carbocycles. The first-order valence-corrected chi connectivity index (χ1v) is 4.92. The van der Waals surface area contributed by atoms with E-state index in [1.165, 1.54) is 6.07 Å². The fourth-order valence-electron chi connectivity index (χ4n) is 1.21. The normalized spacial score (nSPS) is 11.2. The van der Waals surface area contributed by atoms with Crippen molar-refractivity contribution in [3.8, 4) is 5.75 Å². The van der Waals surface area contributed by atoms with E-state index >= 15 is 0 Å². The first kappa shape index (κ1) is 11.6. The molecule has 0 aliphatic carbocycles. The minimum Gasteiger partial charge on any atom is -0.508 e. The second-order valence-electron chi connectivity index (χ2n) is 4.71. The number of amides is 1. The number of benzene rings is 1. The van der Waals surface area contributed by atoms with Crippen molar-refractivity contribution in [2.75, 3.05) is 0 Å². The number of carbonyl (C=O) groups is 1. The smallest absolute Gasteiger partial charge is 0.251 e. The van der Waals surface area contributed by atoms with E-state index < -0.39 is 0 Å². The standard InChI is InChI=1S/C12H17NO2/c1-8-7-9(5-6-10(8)14)11(15)13-12(2,3)4/h5-7,14H,1-4H3,(H,13,15). The summed E-state index contributed by atoms with van der Waals surface area (Å²) in [5.74, 6) is 0.0907. The molecule has 0 bridgehead atoms. The third kappa shape index (κ3) is 3.27. The zero-order valence-electron chi connectivity index (χ0n) is 9.59. The predicted molar refractivity (Wildman–Crippen MR) is 60.1 cm³/mol. The van der Waals surface area contributed by atoms with Crippen LogP contribution in [0.5, 0.6) is 5.75 Å². The summed E-state index contributed by atoms with van der Waals surface area (Å²) < 4.78 is 0. The van der Waals surface area contributed by atoms with Gasteiger partial charge in [-0.25, -0.2) is 0 Å². The van der Waals surface area contributed by atoms with E-state index in [4.69, 9.17) is 0 Å². The van der Waals surface area contributed by atoms with Gasteiger partial charge in [0.2, 0.25) is 0 Å². The molecule has 3 heteroatoms. The molecule has 0 unspecified atom stereocenters. The average molecular weight is 207 g/mol. The van der Waals surface area contributed by atoms with E-state index in [-0.39, 0.29) is 17.2 Å². The Kier molecular flexibility index (Phi) is 3.03. The molecule has 1 aromatic carbocycles. The number of hydrogen-bond donors (Lipinski definition) is 2. The number of nitrogens with one attached hydrogen (secondary N) is 1. The molecule has 15 heavy (non-hydrogen) atoms. The molecule has 0 aliphatic heterocycles. The van der Waals surface area contributed by atoms with Crippen LogP contribution in [0.15, 0.2) is 18.2 Å². The highest BCUT2D eigenvalue weighted by atomic mass is 16.3. The van der Waals surface area contributed by atoms with Crippen molar-refractivity contribution in [2.24, 2.45) is 0 Å². The van der Waals surface area contributed by atoms with E-state index in [9.17, 15) is 9.90 Å². The SMILES string of the molecule is Cc1cc(C(=O)NC(C)(C)C)ccc1O. The van der Waals surface area contributed by atoms with E-state index in [0.717, 1.165) is 0 Å². The molecule has 1 aromatic rings. The number of aryl methyl sites for hydroxylation is 1. The van der Waals surface area contributed by atoms with Gasteiger partial charge in [0.1, 0.15) is 5.75 Å². The summed E-state index contributed by atoms with van der Waals surface area (Å²) in [7, 11) is 0. The minimum absolute atomic E-state index is 0.120. The lowest BCUT2D eigenvalue weighted by atomic mass is 10.1. The van der Waals surface area contributed by atoms with Crippen LogP contribution in [0.4, 0.5) is 0 Å². The fourth-order valence-corrected chi connectivity index (χ4v) is 1.21. The first-order valence-electron chi connectivity index (χ1n) is 4.92. The molecule has 2 N–H and O–H groups in total. The van der Waals surface area contributed by atoms with Crippen LogP contribution < -0.4 is 5.32 Å². The van der Waals surface area contributed by atoms with Gasteiger partial charge in [-0.15, -0.1) is 0 Å². The van der Waals surface area contributed by atoms with Gasteiger partial charge in [-0.3, -0.25) is 4.79 Å². The van der Waals surface area contributed by atoms with Gasteiger partial charge in [0.25, 0.3) is 5.91 Å². The second kappa shape index (κ2) is 3.93. The molecular formula is C12H17NO2. The maximum atomic E-state index is 11.7. The van der Waals surface area contributed by atoms with Gasteiger partial charge < -0.3 is 10.4 Å². The van der Waals surface area contributed by atoms with Crippen LogP contribution in [0.3, 0.4) is 0 Å². The van der Waals surface area contributed by atoms with E-state index in [0.29, 0.717) is 11.1 Å². The van der Waals surface area contributed by atoms with Crippen molar-refractivity contribution in [1.82, 2.24) is 5.32 Å². The Hall–Kier alpha value is -1.51. The Labute approximate surface area is 90.1 Å². The molecule has 0 aromatic heterocycles. The van der Waals surface area contributed by atoms with Crippen molar-refractivity contribution in [3.63, 3.8) is 0 Å². The molecular weight excluding hydrogens is 190 g/mol. The lowest BCUT2D eigenvalue weighted by Gasteiger charge is -2.20. The van der Waals surface area contributed by atoms with Crippen LogP contribution in [0.2, 0.25) is 0 Å². The Morgan fingerprint density at radius 3 is 2.40 bits per heavy atom. The van der Waals surface area contributed by atoms with Gasteiger partial charge in [0.05, 0.1) is 0 Å². The van der Waals surface area contributed by atoms with E-state index in [1.54, 1.807) is 19.1 Å². The monoisotopic (exact) mass is 207 g/mol. The molecule has 0 radical (unpaired) electrons. The van der Waals surface area contributed by atoms with Crippen molar-refractivity contribution in [1.29, 1.82) is 0 Å². The summed E-state index contributed by atoms with van der Waals surface area (Å²) in [6, 6.07) is 4.83. The van der Waals surface area contributed by atoms with Gasteiger partial charge >= 0.3 is 0 Å². The van der Waals surface area contributed by atoms with Crippen LogP contribution in [-0.2, 0) is 0 Å². The van der Waals surface area contributed by atoms with Crippen molar-refractivity contribution in [2.45, 2.75) is 33.2 Å². The van der Waals surface area contributed by atoms with E-state index in [2.05, 4.69) is 5.32 Å². The number of aromatic hydroxyl groups is 1. The molecule has 0 fully saturated rings. The molecule has 1 amide bonds. The highest BCUT2D eigenvalue weighted by Gasteiger charge is 2.15. The van der Waals surface area contributed by atoms with E-state index in [1.807, 2.05) is 20.8 Å². The summed E-state index contributed by atoms with van der Waals surface area (Å²) in [5, 5.41) is 12.2. The lowest BCUT2D eigenvalue weighted by molar-refractivity contribution is 0.0919. The highest BCUT2D eigenvalue weighted by Crippen LogP contribution is 2.17. The number of hydrogen-bond acceptors (Lipinski definition) is 2. The molecule has 0 spiro atoms. The number of phenolic OH excluding ortho intramolecular Hbond substituents is 1. The fraction of sp³-hybridized carbons (Fsp3) is 0.417. The lowest BCUT2D eigenvalue weighted by Crippen LogP contribution is -2.40.